The van der Waals surface area contributed by atoms with Gasteiger partial charge >= 0.3 is 0 Å². The minimum atomic E-state index is 1.11. The predicted molar refractivity (Wildman–Crippen MR) is 277 cm³/mol. The van der Waals surface area contributed by atoms with E-state index >= 15 is 0 Å². The van der Waals surface area contributed by atoms with Gasteiger partial charge in [-0.25, -0.2) is 0 Å². The zero-order valence-electron chi connectivity index (χ0n) is 34.7. The fourth-order valence-electron chi connectivity index (χ4n) is 9.74. The molecule has 0 unspecified atom stereocenters. The quantitative estimate of drug-likeness (QED) is 0.171. The first-order valence-corrected chi connectivity index (χ1v) is 23.4. The molecule has 19 rings (SSSR count). The summed E-state index contributed by atoms with van der Waals surface area (Å²) < 4.78 is 5.19. The van der Waals surface area contributed by atoms with Crippen molar-refractivity contribution in [3.63, 3.8) is 0 Å². The van der Waals surface area contributed by atoms with Gasteiger partial charge < -0.3 is 9.80 Å². The van der Waals surface area contributed by atoms with Crippen LogP contribution in [-0.4, -0.2) is 0 Å². The summed E-state index contributed by atoms with van der Waals surface area (Å²) in [5.74, 6) is 0. The molecule has 2 aromatic heterocycles. The Balaban J connectivity index is 0.985. The summed E-state index contributed by atoms with van der Waals surface area (Å²) in [5, 5.41) is 5.21. The maximum absolute atomic E-state index is 2.39. The van der Waals surface area contributed by atoms with Gasteiger partial charge in [-0.2, -0.15) is 0 Å². The summed E-state index contributed by atoms with van der Waals surface area (Å²) in [5.41, 5.74) is 16.2. The van der Waals surface area contributed by atoms with Crippen molar-refractivity contribution in [2.45, 2.75) is 0 Å². The van der Waals surface area contributed by atoms with Crippen molar-refractivity contribution in [3.8, 4) is 44.5 Å². The van der Waals surface area contributed by atoms with E-state index in [-0.39, 0.29) is 0 Å². The van der Waals surface area contributed by atoms with Gasteiger partial charge in [0.05, 0.1) is 0 Å². The normalized spacial score (nSPS) is 12.3. The summed E-state index contributed by atoms with van der Waals surface area (Å²) >= 11 is 3.71. The Bertz CT molecular complexity index is 3330. The van der Waals surface area contributed by atoms with Crippen LogP contribution >= 0.6 is 22.7 Å². The maximum atomic E-state index is 2.39. The minimum absolute atomic E-state index is 1.11. The number of nitrogens with zero attached hydrogens (tertiary/aromatic N) is 2. The van der Waals surface area contributed by atoms with Gasteiger partial charge in [0.15, 0.2) is 0 Å². The van der Waals surface area contributed by atoms with Gasteiger partial charge in [0.25, 0.3) is 0 Å². The highest BCUT2D eigenvalue weighted by Crippen LogP contribution is 2.45. The molecule has 10 aromatic carbocycles. The maximum Gasteiger partial charge on any atom is 0.0476 e. The van der Waals surface area contributed by atoms with Crippen LogP contribution in [0.2, 0.25) is 0 Å². The number of fused-ring (bicyclic) bond motifs is 6. The Labute approximate surface area is 379 Å². The molecule has 300 valence electrons. The van der Waals surface area contributed by atoms with Crippen molar-refractivity contribution in [2.24, 2.45) is 0 Å². The van der Waals surface area contributed by atoms with Crippen molar-refractivity contribution >= 4 is 97.1 Å². The summed E-state index contributed by atoms with van der Waals surface area (Å²) in [6.07, 6.45) is 0. The molecule has 0 spiro atoms. The molecular formula is C60H38N2S2. The number of hydrogen-bond acceptors (Lipinski definition) is 4. The zero-order chi connectivity index (χ0) is 42.1. The van der Waals surface area contributed by atoms with Crippen LogP contribution in [0.3, 0.4) is 0 Å². The van der Waals surface area contributed by atoms with Gasteiger partial charge in [-0.05, 0) is 129 Å². The number of rotatable bonds is 2. The van der Waals surface area contributed by atoms with E-state index in [2.05, 4.69) is 240 Å². The smallest absolute Gasteiger partial charge is 0.0476 e. The van der Waals surface area contributed by atoms with E-state index in [1.165, 1.54) is 84.9 Å². The molecule has 64 heavy (non-hydrogen) atoms. The van der Waals surface area contributed by atoms with E-state index in [1.54, 1.807) is 0 Å². The highest BCUT2D eigenvalue weighted by atomic mass is 32.1. The molecule has 0 saturated carbocycles. The van der Waals surface area contributed by atoms with E-state index in [0.717, 1.165) is 34.1 Å². The Kier molecular flexibility index (Phi) is 8.61. The third kappa shape index (κ3) is 6.14. The minimum Gasteiger partial charge on any atom is -0.310 e. The van der Waals surface area contributed by atoms with Crippen molar-refractivity contribution in [1.29, 1.82) is 0 Å². The lowest BCUT2D eigenvalue weighted by Gasteiger charge is -2.27. The Morgan fingerprint density at radius 2 is 0.484 bits per heavy atom. The summed E-state index contributed by atoms with van der Waals surface area (Å²) in [6, 6.07) is 85.2. The van der Waals surface area contributed by atoms with Gasteiger partial charge in [-0.3, -0.25) is 0 Å². The topological polar surface area (TPSA) is 6.48 Å². The van der Waals surface area contributed by atoms with Crippen molar-refractivity contribution < 1.29 is 0 Å². The molecule has 0 atom stereocenters. The Morgan fingerprint density at radius 3 is 0.812 bits per heavy atom. The monoisotopic (exact) mass is 850 g/mol. The average molecular weight is 851 g/mol. The molecule has 0 amide bonds. The van der Waals surface area contributed by atoms with Crippen LogP contribution < -0.4 is 9.80 Å². The molecular weight excluding hydrogens is 813 g/mol. The van der Waals surface area contributed by atoms with E-state index in [4.69, 9.17) is 0 Å². The van der Waals surface area contributed by atoms with Crippen molar-refractivity contribution in [2.75, 3.05) is 9.80 Å². The molecule has 4 heteroatoms. The second-order valence-electron chi connectivity index (χ2n) is 16.5. The first kappa shape index (κ1) is 36.9. The van der Waals surface area contributed by atoms with Crippen LogP contribution in [0.25, 0.3) is 84.9 Å². The number of hydrogen-bond donors (Lipinski definition) is 0. The van der Waals surface area contributed by atoms with E-state index in [9.17, 15) is 0 Å². The zero-order valence-corrected chi connectivity index (χ0v) is 36.3. The summed E-state index contributed by atoms with van der Waals surface area (Å²) in [4.78, 5) is 4.78. The Hall–Kier alpha value is -7.76. The molecule has 7 aliphatic rings. The molecule has 7 aliphatic heterocycles. The standard InChI is InChI=1S/C60H38N2S2/c1-2-10-50-40-19-27-44(28-20-40)62(48-34-36-56-54-14-6-8-16-58(54)64-60(56)38-48)46-31-23-42(24-32-46)52-12-4-3-11-51(52)41-21-29-45(30-22-41)61(43-25-17-39(18-26-43)49(50)9-1)47-33-35-55-53-13-5-7-15-57(53)63-59(55)37-47/h1-38H. The van der Waals surface area contributed by atoms with Crippen LogP contribution in [0, 0.1) is 0 Å². The molecule has 0 N–H and O–H groups in total. The number of benzene rings is 10. The Morgan fingerprint density at radius 1 is 0.219 bits per heavy atom. The average Bonchev–Trinajstić information content (AvgIpc) is 3.93. The van der Waals surface area contributed by atoms with Crippen molar-refractivity contribution in [1.82, 2.24) is 0 Å². The van der Waals surface area contributed by atoms with E-state index in [1.807, 2.05) is 22.7 Å². The summed E-state index contributed by atoms with van der Waals surface area (Å²) in [6.45, 7) is 0. The van der Waals surface area contributed by atoms with Gasteiger partial charge in [0.2, 0.25) is 0 Å². The van der Waals surface area contributed by atoms with Gasteiger partial charge in [0.1, 0.15) is 0 Å². The van der Waals surface area contributed by atoms with Gasteiger partial charge in [-0.1, -0.05) is 146 Å². The first-order valence-electron chi connectivity index (χ1n) is 21.7. The summed E-state index contributed by atoms with van der Waals surface area (Å²) in [7, 11) is 0. The lowest BCUT2D eigenvalue weighted by molar-refractivity contribution is 1.29. The van der Waals surface area contributed by atoms with Gasteiger partial charge in [0, 0.05) is 74.5 Å². The highest BCUT2D eigenvalue weighted by Gasteiger charge is 2.19. The highest BCUT2D eigenvalue weighted by molar-refractivity contribution is 7.26. The molecule has 0 aliphatic carbocycles. The van der Waals surface area contributed by atoms with E-state index in [0.29, 0.717) is 0 Å². The number of anilines is 6. The second-order valence-corrected chi connectivity index (χ2v) is 18.7. The SMILES string of the molecule is c1ccc2c(c1)-c1ccc(cc1)N(c1ccc3c(c1)sc1ccccc13)c1ccc(cc1)-c1ccccc1-c1ccc(cc1)N(c1ccc3c(c1)sc1ccccc13)c1ccc-2cc1. The van der Waals surface area contributed by atoms with Crippen LogP contribution in [0.1, 0.15) is 0 Å². The molecule has 2 nitrogen and oxygen atoms in total. The molecule has 0 radical (unpaired) electrons. The largest absolute Gasteiger partial charge is 0.310 e. The molecule has 0 fully saturated rings. The molecule has 9 heterocycles. The van der Waals surface area contributed by atoms with Gasteiger partial charge in [-0.15, -0.1) is 22.7 Å². The molecule has 0 saturated heterocycles. The van der Waals surface area contributed by atoms with Crippen LogP contribution in [0.4, 0.5) is 34.1 Å². The first-order chi connectivity index (χ1) is 31.7. The fraction of sp³-hybridized carbons (Fsp3) is 0. The fourth-order valence-corrected chi connectivity index (χ4v) is 12.0. The number of thiophene rings is 2. The van der Waals surface area contributed by atoms with E-state index < -0.39 is 0 Å². The predicted octanol–water partition coefficient (Wildman–Crippen LogP) is 18.3. The van der Waals surface area contributed by atoms with Crippen LogP contribution in [-0.2, 0) is 0 Å². The van der Waals surface area contributed by atoms with Crippen molar-refractivity contribution in [3.05, 3.63) is 231 Å². The second kappa shape index (κ2) is 15.0. The third-order valence-electron chi connectivity index (χ3n) is 12.8. The van der Waals surface area contributed by atoms with Crippen LogP contribution in [0.15, 0.2) is 231 Å². The third-order valence-corrected chi connectivity index (χ3v) is 15.1. The van der Waals surface area contributed by atoms with Crippen LogP contribution in [0.5, 0.6) is 0 Å². The molecule has 8 bridgehead atoms. The molecule has 12 aromatic rings. The lowest BCUT2D eigenvalue weighted by Crippen LogP contribution is -2.10. The lowest BCUT2D eigenvalue weighted by atomic mass is 9.93.